The molecule has 2 heterocycles. The molecule has 7 nitrogen and oxygen atoms in total. The Morgan fingerprint density at radius 3 is 2.68 bits per heavy atom. The minimum Gasteiger partial charge on any atom is -0.490 e. The average molecular weight is 649 g/mol. The molecule has 1 spiro atoms. The van der Waals surface area contributed by atoms with Crippen molar-refractivity contribution in [2.75, 3.05) is 24.6 Å². The molecule has 44 heavy (non-hydrogen) atoms. The van der Waals surface area contributed by atoms with Crippen LogP contribution < -0.4 is 14.4 Å². The lowest BCUT2D eigenvalue weighted by atomic mass is 9.64. The standard InChI is InChI=1S/C33H39ClF2N2O5S/c1-20-5-3-14-33(40,31(35)36)27-10-7-24(27)17-38-18-32(13-4-6-22-15-25(34)9-11-26(22)32)19-43-29-12-8-23(16-28(29)38)30(39)37-44(41,42)21(20)2/h3,8-9,11-12,14-16,20-21,24,27,31,40H,4-7,10,13,17-19H2,1-2H3,(H,37,39)/b14-3+/t20-,21+,24-,27+,32-,33-/m0/s1. The van der Waals surface area contributed by atoms with Gasteiger partial charge in [-0.1, -0.05) is 36.7 Å². The van der Waals surface area contributed by atoms with Gasteiger partial charge >= 0.3 is 0 Å². The lowest BCUT2D eigenvalue weighted by Gasteiger charge is -2.48. The number of allylic oxidation sites excluding steroid dienone is 1. The minimum atomic E-state index is -4.09. The second-order valence-electron chi connectivity index (χ2n) is 13.2. The minimum absolute atomic E-state index is 0.150. The SMILES string of the molecule is C[C@@H]1[C@@H](C)C/C=C/[C@@](O)(C(F)F)[C@@H]2CC[C@H]2CN2C[C@@]3(CCCc4cc(Cl)ccc43)COc3ccc(cc32)C(=O)NS1(=O)=O. The Labute approximate surface area is 262 Å². The number of hydrogen-bond acceptors (Lipinski definition) is 6. The molecule has 0 aromatic heterocycles. The summed E-state index contributed by atoms with van der Waals surface area (Å²) in [5.74, 6) is -1.62. The first-order valence-electron chi connectivity index (χ1n) is 15.4. The molecule has 238 valence electrons. The number of alkyl halides is 2. The number of halogens is 3. The summed E-state index contributed by atoms with van der Waals surface area (Å²) in [7, 11) is -4.09. The molecule has 6 rings (SSSR count). The third kappa shape index (κ3) is 5.51. The van der Waals surface area contributed by atoms with E-state index in [2.05, 4.69) is 9.62 Å². The Morgan fingerprint density at radius 1 is 1.16 bits per heavy atom. The highest BCUT2D eigenvalue weighted by Crippen LogP contribution is 2.49. The van der Waals surface area contributed by atoms with Crippen molar-refractivity contribution < 1.29 is 31.8 Å². The number of nitrogens with one attached hydrogen (secondary N) is 1. The number of sulfonamides is 1. The van der Waals surface area contributed by atoms with Gasteiger partial charge in [-0.05, 0) is 98.7 Å². The van der Waals surface area contributed by atoms with E-state index < -0.39 is 50.5 Å². The highest BCUT2D eigenvalue weighted by Gasteiger charge is 2.52. The van der Waals surface area contributed by atoms with Crippen molar-refractivity contribution in [3.8, 4) is 5.75 Å². The van der Waals surface area contributed by atoms with Crippen LogP contribution in [0.15, 0.2) is 48.6 Å². The molecule has 0 unspecified atom stereocenters. The zero-order chi connectivity index (χ0) is 31.4. The van der Waals surface area contributed by atoms with E-state index >= 15 is 0 Å². The van der Waals surface area contributed by atoms with Crippen LogP contribution >= 0.6 is 11.6 Å². The van der Waals surface area contributed by atoms with Gasteiger partial charge in [0.1, 0.15) is 11.4 Å². The number of ether oxygens (including phenoxy) is 1. The maximum atomic E-state index is 14.6. The Morgan fingerprint density at radius 2 is 1.95 bits per heavy atom. The van der Waals surface area contributed by atoms with Crippen LogP contribution in [0.4, 0.5) is 14.5 Å². The van der Waals surface area contributed by atoms with Gasteiger partial charge in [0, 0.05) is 35.0 Å². The number of amides is 1. The molecular weight excluding hydrogens is 610 g/mol. The van der Waals surface area contributed by atoms with Crippen LogP contribution in [0.2, 0.25) is 5.02 Å². The fraction of sp³-hybridized carbons (Fsp3) is 0.545. The molecule has 0 radical (unpaired) electrons. The van der Waals surface area contributed by atoms with Crippen LogP contribution in [0.3, 0.4) is 0 Å². The highest BCUT2D eigenvalue weighted by atomic mass is 35.5. The first kappa shape index (κ1) is 31.3. The van der Waals surface area contributed by atoms with Crippen LogP contribution in [-0.4, -0.2) is 56.4 Å². The summed E-state index contributed by atoms with van der Waals surface area (Å²) in [5, 5.41) is 11.1. The second-order valence-corrected chi connectivity index (χ2v) is 15.7. The van der Waals surface area contributed by atoms with E-state index in [1.807, 2.05) is 18.2 Å². The maximum Gasteiger partial charge on any atom is 0.270 e. The first-order valence-corrected chi connectivity index (χ1v) is 17.3. The van der Waals surface area contributed by atoms with Gasteiger partial charge in [-0.3, -0.25) is 4.79 Å². The third-order valence-corrected chi connectivity index (χ3v) is 12.7. The van der Waals surface area contributed by atoms with Crippen molar-refractivity contribution in [1.29, 1.82) is 0 Å². The van der Waals surface area contributed by atoms with Crippen molar-refractivity contribution in [3.63, 3.8) is 0 Å². The van der Waals surface area contributed by atoms with E-state index in [9.17, 15) is 27.1 Å². The molecule has 2 N–H and O–H groups in total. The number of benzene rings is 2. The van der Waals surface area contributed by atoms with Crippen molar-refractivity contribution in [2.24, 2.45) is 17.8 Å². The predicted molar refractivity (Wildman–Crippen MR) is 166 cm³/mol. The predicted octanol–water partition coefficient (Wildman–Crippen LogP) is 5.88. The molecule has 1 amide bonds. The topological polar surface area (TPSA) is 95.9 Å². The molecule has 2 bridgehead atoms. The molecule has 4 aliphatic rings. The Hall–Kier alpha value is -2.69. The van der Waals surface area contributed by atoms with E-state index in [-0.39, 0.29) is 17.9 Å². The van der Waals surface area contributed by atoms with Crippen LogP contribution in [0.5, 0.6) is 5.75 Å². The number of anilines is 1. The molecule has 0 saturated heterocycles. The van der Waals surface area contributed by atoms with Crippen molar-refractivity contribution in [2.45, 2.75) is 75.1 Å². The Balaban J connectivity index is 1.46. The van der Waals surface area contributed by atoms with Crippen LogP contribution in [0.25, 0.3) is 0 Å². The number of carbonyl (C=O) groups excluding carboxylic acids is 1. The molecule has 2 aliphatic carbocycles. The highest BCUT2D eigenvalue weighted by molar-refractivity contribution is 7.90. The fourth-order valence-electron chi connectivity index (χ4n) is 7.54. The van der Waals surface area contributed by atoms with Gasteiger partial charge in [-0.15, -0.1) is 0 Å². The van der Waals surface area contributed by atoms with Gasteiger partial charge in [0.15, 0.2) is 0 Å². The quantitative estimate of drug-likeness (QED) is 0.375. The van der Waals surface area contributed by atoms with Crippen molar-refractivity contribution in [3.05, 3.63) is 70.3 Å². The smallest absolute Gasteiger partial charge is 0.270 e. The van der Waals surface area contributed by atoms with Gasteiger partial charge in [0.05, 0.1) is 17.5 Å². The van der Waals surface area contributed by atoms with Gasteiger partial charge < -0.3 is 14.7 Å². The van der Waals surface area contributed by atoms with Gasteiger partial charge in [0.2, 0.25) is 10.0 Å². The largest absolute Gasteiger partial charge is 0.490 e. The van der Waals surface area contributed by atoms with E-state index in [1.54, 1.807) is 25.1 Å². The number of nitrogens with zero attached hydrogens (tertiary/aromatic N) is 1. The summed E-state index contributed by atoms with van der Waals surface area (Å²) >= 11 is 6.35. The Kier molecular flexibility index (Phi) is 8.24. The maximum absolute atomic E-state index is 14.6. The molecule has 11 heteroatoms. The molecule has 6 atom stereocenters. The normalized spacial score (nSPS) is 34.2. The van der Waals surface area contributed by atoms with Crippen molar-refractivity contribution in [1.82, 2.24) is 4.72 Å². The zero-order valence-electron chi connectivity index (χ0n) is 24.9. The van der Waals surface area contributed by atoms with E-state index in [0.29, 0.717) is 49.0 Å². The number of rotatable bonds is 1. The van der Waals surface area contributed by atoms with Crippen LogP contribution in [-0.2, 0) is 21.9 Å². The van der Waals surface area contributed by atoms with Crippen LogP contribution in [0, 0.1) is 17.8 Å². The number of aliphatic hydroxyl groups is 1. The van der Waals surface area contributed by atoms with E-state index in [4.69, 9.17) is 16.3 Å². The lowest BCUT2D eigenvalue weighted by Crippen LogP contribution is -2.55. The van der Waals surface area contributed by atoms with E-state index in [0.717, 1.165) is 30.4 Å². The fourth-order valence-corrected chi connectivity index (χ4v) is 9.02. The van der Waals surface area contributed by atoms with Gasteiger partial charge in [-0.2, -0.15) is 0 Å². The molecule has 2 aromatic rings. The van der Waals surface area contributed by atoms with Crippen molar-refractivity contribution >= 4 is 33.2 Å². The summed E-state index contributed by atoms with van der Waals surface area (Å²) in [6, 6.07) is 10.8. The average Bonchev–Trinajstić information content (AvgIpc) is 3.10. The first-order chi connectivity index (χ1) is 20.8. The van der Waals surface area contributed by atoms with Gasteiger partial charge in [-0.25, -0.2) is 21.9 Å². The summed E-state index contributed by atoms with van der Waals surface area (Å²) in [6.45, 7) is 4.41. The molecule has 2 aromatic carbocycles. The molecule has 1 fully saturated rings. The molecule has 1 saturated carbocycles. The van der Waals surface area contributed by atoms with E-state index in [1.165, 1.54) is 19.1 Å². The molecule has 2 aliphatic heterocycles. The zero-order valence-corrected chi connectivity index (χ0v) is 26.5. The summed E-state index contributed by atoms with van der Waals surface area (Å²) in [6.07, 6.45) is 3.55. The monoisotopic (exact) mass is 648 g/mol. The summed E-state index contributed by atoms with van der Waals surface area (Å²) in [5.41, 5.74) is 0.289. The number of carbonyl (C=O) groups is 1. The van der Waals surface area contributed by atoms with Crippen LogP contribution in [0.1, 0.15) is 67.4 Å². The molecular formula is C33H39ClF2N2O5S. The second kappa shape index (κ2) is 11.6. The third-order valence-electron chi connectivity index (χ3n) is 10.5. The number of fused-ring (bicyclic) bond motifs is 4. The summed E-state index contributed by atoms with van der Waals surface area (Å²) in [4.78, 5) is 15.4. The number of aryl methyl sites for hydroxylation is 1. The van der Waals surface area contributed by atoms with Gasteiger partial charge in [0.25, 0.3) is 12.3 Å². The Bertz CT molecular complexity index is 1590. The lowest BCUT2D eigenvalue weighted by molar-refractivity contribution is -0.136. The summed E-state index contributed by atoms with van der Waals surface area (Å²) < 4.78 is 64.2. The number of hydrogen-bond donors (Lipinski definition) is 2.